The molecule has 3 rings (SSSR count). The van der Waals surface area contributed by atoms with Crippen LogP contribution in [0.5, 0.6) is 5.88 Å². The highest BCUT2D eigenvalue weighted by molar-refractivity contribution is 6.33. The van der Waals surface area contributed by atoms with Gasteiger partial charge in [0.25, 0.3) is 11.8 Å². The molecule has 120 valence electrons. The number of hydrogen-bond donors (Lipinski definition) is 0. The summed E-state index contributed by atoms with van der Waals surface area (Å²) in [6.45, 7) is 1.05. The number of ether oxygens (including phenoxy) is 1. The third-order valence-corrected chi connectivity index (χ3v) is 4.04. The standard InChI is InChI=1S/C16H15ClFN3O2/c17-13-10-19-7-3-12(13)16(22)21-8-4-11(5-9-21)23-15-14(18)2-1-6-20-15/h1-3,6-7,10-11H,4-5,8-9H2. The van der Waals surface area contributed by atoms with Gasteiger partial charge in [0.1, 0.15) is 6.10 Å². The fourth-order valence-electron chi connectivity index (χ4n) is 2.51. The Bertz CT molecular complexity index is 705. The van der Waals surface area contributed by atoms with Crippen molar-refractivity contribution in [2.24, 2.45) is 0 Å². The van der Waals surface area contributed by atoms with Crippen LogP contribution in [0.25, 0.3) is 0 Å². The third-order valence-electron chi connectivity index (χ3n) is 3.74. The van der Waals surface area contributed by atoms with Gasteiger partial charge in [-0.05, 0) is 18.2 Å². The number of aromatic nitrogens is 2. The van der Waals surface area contributed by atoms with Crippen LogP contribution in [0.1, 0.15) is 23.2 Å². The number of hydrogen-bond acceptors (Lipinski definition) is 4. The molecule has 0 radical (unpaired) electrons. The molecule has 2 aromatic rings. The summed E-state index contributed by atoms with van der Waals surface area (Å²) in [6.07, 6.45) is 5.56. The zero-order valence-electron chi connectivity index (χ0n) is 12.3. The van der Waals surface area contributed by atoms with Gasteiger partial charge in [0.2, 0.25) is 0 Å². The summed E-state index contributed by atoms with van der Waals surface area (Å²) >= 11 is 6.01. The molecular weight excluding hydrogens is 321 g/mol. The van der Waals surface area contributed by atoms with E-state index < -0.39 is 5.82 Å². The molecule has 1 amide bonds. The van der Waals surface area contributed by atoms with Gasteiger partial charge in [0, 0.05) is 44.5 Å². The van der Waals surface area contributed by atoms with E-state index in [2.05, 4.69) is 9.97 Å². The number of pyridine rings is 2. The minimum Gasteiger partial charge on any atom is -0.472 e. The maximum absolute atomic E-state index is 13.5. The van der Waals surface area contributed by atoms with Gasteiger partial charge in [-0.3, -0.25) is 9.78 Å². The Kier molecular flexibility index (Phi) is 4.71. The van der Waals surface area contributed by atoms with Gasteiger partial charge < -0.3 is 9.64 Å². The second-order valence-electron chi connectivity index (χ2n) is 5.26. The highest BCUT2D eigenvalue weighted by Crippen LogP contribution is 2.22. The summed E-state index contributed by atoms with van der Waals surface area (Å²) in [5.41, 5.74) is 0.441. The van der Waals surface area contributed by atoms with Crippen molar-refractivity contribution in [2.45, 2.75) is 18.9 Å². The smallest absolute Gasteiger partial charge is 0.255 e. The SMILES string of the molecule is O=C(c1ccncc1Cl)N1CCC(Oc2ncccc2F)CC1. The van der Waals surface area contributed by atoms with Gasteiger partial charge >= 0.3 is 0 Å². The lowest BCUT2D eigenvalue weighted by atomic mass is 10.1. The maximum atomic E-state index is 13.5. The van der Waals surface area contributed by atoms with E-state index in [0.717, 1.165) is 0 Å². The Morgan fingerprint density at radius 1 is 1.30 bits per heavy atom. The van der Waals surface area contributed by atoms with Crippen LogP contribution < -0.4 is 4.74 Å². The van der Waals surface area contributed by atoms with E-state index in [1.165, 1.54) is 24.5 Å². The van der Waals surface area contributed by atoms with E-state index in [1.54, 1.807) is 17.2 Å². The minimum absolute atomic E-state index is 0.00875. The van der Waals surface area contributed by atoms with Gasteiger partial charge in [0.05, 0.1) is 10.6 Å². The first-order valence-corrected chi connectivity index (χ1v) is 7.69. The molecule has 0 spiro atoms. The Hall–Kier alpha value is -2.21. The molecule has 0 bridgehead atoms. The van der Waals surface area contributed by atoms with Gasteiger partial charge in [-0.25, -0.2) is 9.37 Å². The topological polar surface area (TPSA) is 55.3 Å². The lowest BCUT2D eigenvalue weighted by molar-refractivity contribution is 0.0579. The molecule has 1 saturated heterocycles. The summed E-state index contributed by atoms with van der Waals surface area (Å²) in [7, 11) is 0. The average Bonchev–Trinajstić information content (AvgIpc) is 2.57. The number of likely N-dealkylation sites (tertiary alicyclic amines) is 1. The van der Waals surface area contributed by atoms with Crippen molar-refractivity contribution in [2.75, 3.05) is 13.1 Å². The van der Waals surface area contributed by atoms with Crippen LogP contribution in [-0.4, -0.2) is 40.0 Å². The number of nitrogens with zero attached hydrogens (tertiary/aromatic N) is 3. The number of rotatable bonds is 3. The molecule has 0 atom stereocenters. The monoisotopic (exact) mass is 335 g/mol. The first-order chi connectivity index (χ1) is 11.1. The molecule has 0 aliphatic carbocycles. The number of amides is 1. The molecule has 5 nitrogen and oxygen atoms in total. The highest BCUT2D eigenvalue weighted by Gasteiger charge is 2.26. The lowest BCUT2D eigenvalue weighted by Crippen LogP contribution is -2.42. The average molecular weight is 336 g/mol. The van der Waals surface area contributed by atoms with E-state index in [1.807, 2.05) is 0 Å². The molecular formula is C16H15ClFN3O2. The molecule has 1 aliphatic heterocycles. The van der Waals surface area contributed by atoms with Gasteiger partial charge in [0.15, 0.2) is 5.82 Å². The van der Waals surface area contributed by atoms with Gasteiger partial charge in [-0.15, -0.1) is 0 Å². The summed E-state index contributed by atoms with van der Waals surface area (Å²) in [6, 6.07) is 4.44. The second kappa shape index (κ2) is 6.91. The minimum atomic E-state index is -0.477. The second-order valence-corrected chi connectivity index (χ2v) is 5.66. The van der Waals surface area contributed by atoms with Crippen LogP contribution >= 0.6 is 11.6 Å². The molecule has 0 unspecified atom stereocenters. The molecule has 1 aliphatic rings. The lowest BCUT2D eigenvalue weighted by Gasteiger charge is -2.32. The number of carbonyl (C=O) groups excluding carboxylic acids is 1. The van der Waals surface area contributed by atoms with Crippen LogP contribution in [0.4, 0.5) is 4.39 Å². The summed E-state index contributed by atoms with van der Waals surface area (Å²) in [5, 5.41) is 0.339. The van der Waals surface area contributed by atoms with Crippen molar-refractivity contribution >= 4 is 17.5 Å². The van der Waals surface area contributed by atoms with Crippen LogP contribution in [0.3, 0.4) is 0 Å². The predicted octanol–water partition coefficient (Wildman–Crippen LogP) is 2.95. The van der Waals surface area contributed by atoms with Crippen molar-refractivity contribution in [3.8, 4) is 5.88 Å². The number of piperidine rings is 1. The van der Waals surface area contributed by atoms with Crippen molar-refractivity contribution < 1.29 is 13.9 Å². The highest BCUT2D eigenvalue weighted by atomic mass is 35.5. The normalized spacial score (nSPS) is 15.5. The van der Waals surface area contributed by atoms with E-state index >= 15 is 0 Å². The Labute approximate surface area is 138 Å². The number of carbonyl (C=O) groups is 1. The van der Waals surface area contributed by atoms with E-state index in [9.17, 15) is 9.18 Å². The van der Waals surface area contributed by atoms with Gasteiger partial charge in [-0.2, -0.15) is 0 Å². The largest absolute Gasteiger partial charge is 0.472 e. The fourth-order valence-corrected chi connectivity index (χ4v) is 2.71. The van der Waals surface area contributed by atoms with Crippen LogP contribution in [0.15, 0.2) is 36.8 Å². The van der Waals surface area contributed by atoms with Crippen LogP contribution in [-0.2, 0) is 0 Å². The quantitative estimate of drug-likeness (QED) is 0.865. The molecule has 7 heteroatoms. The van der Waals surface area contributed by atoms with Crippen LogP contribution in [0, 0.1) is 5.82 Å². The zero-order valence-corrected chi connectivity index (χ0v) is 13.0. The van der Waals surface area contributed by atoms with Crippen molar-refractivity contribution in [3.05, 3.63) is 53.2 Å². The summed E-state index contributed by atoms with van der Waals surface area (Å²) in [4.78, 5) is 21.9. The molecule has 0 N–H and O–H groups in total. The van der Waals surface area contributed by atoms with E-state index in [-0.39, 0.29) is 17.9 Å². The van der Waals surface area contributed by atoms with E-state index in [0.29, 0.717) is 36.5 Å². The summed E-state index contributed by atoms with van der Waals surface area (Å²) < 4.78 is 19.1. The van der Waals surface area contributed by atoms with Crippen molar-refractivity contribution in [1.82, 2.24) is 14.9 Å². The predicted molar refractivity (Wildman–Crippen MR) is 83.0 cm³/mol. The van der Waals surface area contributed by atoms with Gasteiger partial charge in [-0.1, -0.05) is 11.6 Å². The Morgan fingerprint density at radius 3 is 2.78 bits per heavy atom. The Morgan fingerprint density at radius 2 is 2.09 bits per heavy atom. The van der Waals surface area contributed by atoms with Crippen molar-refractivity contribution in [3.63, 3.8) is 0 Å². The molecule has 0 aromatic carbocycles. The van der Waals surface area contributed by atoms with Crippen LogP contribution in [0.2, 0.25) is 5.02 Å². The fraction of sp³-hybridized carbons (Fsp3) is 0.312. The maximum Gasteiger partial charge on any atom is 0.255 e. The molecule has 0 saturated carbocycles. The Balaban J connectivity index is 1.59. The third kappa shape index (κ3) is 3.59. The molecule has 2 aromatic heterocycles. The zero-order chi connectivity index (χ0) is 16.2. The molecule has 1 fully saturated rings. The first kappa shape index (κ1) is 15.7. The number of halogens is 2. The molecule has 3 heterocycles. The van der Waals surface area contributed by atoms with E-state index in [4.69, 9.17) is 16.3 Å². The first-order valence-electron chi connectivity index (χ1n) is 7.31. The van der Waals surface area contributed by atoms with Crippen molar-refractivity contribution in [1.29, 1.82) is 0 Å². The summed E-state index contributed by atoms with van der Waals surface area (Å²) in [5.74, 6) is -0.594. The molecule has 23 heavy (non-hydrogen) atoms.